The Hall–Kier alpha value is -1.61. The summed E-state index contributed by atoms with van der Waals surface area (Å²) in [5.41, 5.74) is 2.24. The van der Waals surface area contributed by atoms with Crippen molar-refractivity contribution in [2.75, 3.05) is 20.2 Å². The lowest BCUT2D eigenvalue weighted by atomic mass is 10.1. The zero-order valence-electron chi connectivity index (χ0n) is 11.8. The second kappa shape index (κ2) is 8.48. The van der Waals surface area contributed by atoms with Gasteiger partial charge in [-0.05, 0) is 43.4 Å². The van der Waals surface area contributed by atoms with Crippen LogP contribution in [0, 0.1) is 6.92 Å². The number of carbonyl (C=O) groups is 1. The quantitative estimate of drug-likeness (QED) is 0.605. The number of unbranched alkanes of at least 4 members (excludes halogenated alkanes) is 2. The highest BCUT2D eigenvalue weighted by atomic mass is 16.2. The number of carbonyl (C=O) groups excluding carboxylic acids is 1. The molecule has 0 aliphatic heterocycles. The average molecular weight is 261 g/mol. The maximum atomic E-state index is 11.9. The molecule has 1 aromatic carbocycles. The van der Waals surface area contributed by atoms with Gasteiger partial charge in [0, 0.05) is 26.3 Å². The van der Waals surface area contributed by atoms with Crippen LogP contribution < -0.4 is 0 Å². The van der Waals surface area contributed by atoms with Crippen LogP contribution >= 0.6 is 0 Å². The van der Waals surface area contributed by atoms with Gasteiger partial charge in [-0.3, -0.25) is 4.79 Å². The topological polar surface area (TPSA) is 40.5 Å². The van der Waals surface area contributed by atoms with Gasteiger partial charge in [-0.2, -0.15) is 0 Å². The first kappa shape index (κ1) is 15.4. The predicted molar refractivity (Wildman–Crippen MR) is 78.8 cm³/mol. The molecule has 0 aliphatic rings. The van der Waals surface area contributed by atoms with Crippen LogP contribution in [0.1, 0.15) is 30.4 Å². The number of aryl methyl sites for hydroxylation is 1. The van der Waals surface area contributed by atoms with Gasteiger partial charge in [0.15, 0.2) is 0 Å². The molecule has 0 radical (unpaired) electrons. The predicted octanol–water partition coefficient (Wildman–Crippen LogP) is 2.63. The molecule has 0 heterocycles. The molecule has 19 heavy (non-hydrogen) atoms. The van der Waals surface area contributed by atoms with E-state index in [2.05, 4.69) is 0 Å². The highest BCUT2D eigenvalue weighted by Crippen LogP contribution is 2.09. The molecule has 1 N–H and O–H groups in total. The minimum atomic E-state index is 0.0206. The molecule has 0 aromatic heterocycles. The van der Waals surface area contributed by atoms with Crippen molar-refractivity contribution in [1.29, 1.82) is 0 Å². The maximum Gasteiger partial charge on any atom is 0.246 e. The summed E-state index contributed by atoms with van der Waals surface area (Å²) in [4.78, 5) is 13.6. The number of likely N-dealkylation sites (N-methyl/N-ethyl adjacent to an activating group) is 1. The number of aliphatic hydroxyl groups is 1. The molecule has 0 aliphatic carbocycles. The largest absolute Gasteiger partial charge is 0.396 e. The van der Waals surface area contributed by atoms with E-state index in [1.807, 2.05) is 44.3 Å². The number of nitrogens with zero attached hydrogens (tertiary/aromatic N) is 1. The summed E-state index contributed by atoms with van der Waals surface area (Å²) in [6, 6.07) is 7.99. The molecule has 0 bridgehead atoms. The van der Waals surface area contributed by atoms with Gasteiger partial charge in [-0.1, -0.05) is 24.3 Å². The standard InChI is InChI=1S/C16H23NO2/c1-14-8-4-5-9-15(14)10-11-16(19)17(2)12-6-3-7-13-18/h4-5,8-11,18H,3,6-7,12-13H2,1-2H3/b11-10+. The molecule has 0 saturated carbocycles. The lowest BCUT2D eigenvalue weighted by Crippen LogP contribution is -2.25. The summed E-state index contributed by atoms with van der Waals surface area (Å²) in [5, 5.41) is 8.69. The van der Waals surface area contributed by atoms with Gasteiger partial charge in [0.1, 0.15) is 0 Å². The Morgan fingerprint density at radius 1 is 1.26 bits per heavy atom. The van der Waals surface area contributed by atoms with E-state index in [0.29, 0.717) is 0 Å². The first-order valence-electron chi connectivity index (χ1n) is 6.75. The highest BCUT2D eigenvalue weighted by molar-refractivity contribution is 5.91. The fraction of sp³-hybridized carbons (Fsp3) is 0.438. The van der Waals surface area contributed by atoms with Crippen LogP contribution in [-0.4, -0.2) is 36.1 Å². The number of aliphatic hydroxyl groups excluding tert-OH is 1. The smallest absolute Gasteiger partial charge is 0.246 e. The first-order valence-corrected chi connectivity index (χ1v) is 6.75. The SMILES string of the molecule is Cc1ccccc1/C=C/C(=O)N(C)CCCCCO. The van der Waals surface area contributed by atoms with Gasteiger partial charge >= 0.3 is 0 Å². The number of benzene rings is 1. The van der Waals surface area contributed by atoms with Gasteiger partial charge in [0.25, 0.3) is 0 Å². The number of rotatable bonds is 7. The van der Waals surface area contributed by atoms with Crippen molar-refractivity contribution in [1.82, 2.24) is 4.90 Å². The molecule has 3 nitrogen and oxygen atoms in total. The zero-order chi connectivity index (χ0) is 14.1. The van der Waals surface area contributed by atoms with Crippen LogP contribution in [0.3, 0.4) is 0 Å². The van der Waals surface area contributed by atoms with Crippen molar-refractivity contribution in [3.05, 3.63) is 41.5 Å². The van der Waals surface area contributed by atoms with Crippen LogP contribution in [0.2, 0.25) is 0 Å². The van der Waals surface area contributed by atoms with Crippen LogP contribution in [0.15, 0.2) is 30.3 Å². The number of hydrogen-bond acceptors (Lipinski definition) is 2. The van der Waals surface area contributed by atoms with Crippen LogP contribution in [0.25, 0.3) is 6.08 Å². The van der Waals surface area contributed by atoms with Crippen LogP contribution in [-0.2, 0) is 4.79 Å². The molecule has 1 rings (SSSR count). The van der Waals surface area contributed by atoms with E-state index in [9.17, 15) is 4.79 Å². The lowest BCUT2D eigenvalue weighted by molar-refractivity contribution is -0.124. The monoisotopic (exact) mass is 261 g/mol. The second-order valence-electron chi connectivity index (χ2n) is 4.73. The molecule has 1 aromatic rings. The van der Waals surface area contributed by atoms with Crippen LogP contribution in [0.5, 0.6) is 0 Å². The van der Waals surface area contributed by atoms with Gasteiger partial charge in [-0.25, -0.2) is 0 Å². The second-order valence-corrected chi connectivity index (χ2v) is 4.73. The summed E-state index contributed by atoms with van der Waals surface area (Å²) in [7, 11) is 1.81. The third kappa shape index (κ3) is 5.71. The first-order chi connectivity index (χ1) is 9.15. The molecule has 0 unspecified atom stereocenters. The van der Waals surface area contributed by atoms with E-state index in [0.717, 1.165) is 36.9 Å². The van der Waals surface area contributed by atoms with E-state index in [4.69, 9.17) is 5.11 Å². The van der Waals surface area contributed by atoms with Crippen LogP contribution in [0.4, 0.5) is 0 Å². The Morgan fingerprint density at radius 2 is 2.00 bits per heavy atom. The molecule has 3 heteroatoms. The third-order valence-electron chi connectivity index (χ3n) is 3.12. The van der Waals surface area contributed by atoms with Gasteiger partial charge in [-0.15, -0.1) is 0 Å². The van der Waals surface area contributed by atoms with E-state index in [1.54, 1.807) is 11.0 Å². The van der Waals surface area contributed by atoms with Gasteiger partial charge in [0.2, 0.25) is 5.91 Å². The van der Waals surface area contributed by atoms with E-state index >= 15 is 0 Å². The molecule has 0 saturated heterocycles. The average Bonchev–Trinajstić information content (AvgIpc) is 2.42. The third-order valence-corrected chi connectivity index (χ3v) is 3.12. The summed E-state index contributed by atoms with van der Waals surface area (Å²) >= 11 is 0. The normalized spacial score (nSPS) is 10.9. The van der Waals surface area contributed by atoms with Crippen molar-refractivity contribution in [3.8, 4) is 0 Å². The fourth-order valence-electron chi connectivity index (χ4n) is 1.81. The molecular weight excluding hydrogens is 238 g/mol. The summed E-state index contributed by atoms with van der Waals surface area (Å²) in [6.07, 6.45) is 6.17. The zero-order valence-corrected chi connectivity index (χ0v) is 11.8. The van der Waals surface area contributed by atoms with Crippen molar-refractivity contribution in [2.45, 2.75) is 26.2 Å². The minimum Gasteiger partial charge on any atom is -0.396 e. The van der Waals surface area contributed by atoms with E-state index in [1.165, 1.54) is 0 Å². The summed E-state index contributed by atoms with van der Waals surface area (Å²) < 4.78 is 0. The summed E-state index contributed by atoms with van der Waals surface area (Å²) in [5.74, 6) is 0.0206. The highest BCUT2D eigenvalue weighted by Gasteiger charge is 2.04. The fourth-order valence-corrected chi connectivity index (χ4v) is 1.81. The van der Waals surface area contributed by atoms with Gasteiger partial charge in [0.05, 0.1) is 0 Å². The number of amides is 1. The Bertz CT molecular complexity index is 427. The maximum absolute atomic E-state index is 11.9. The molecule has 1 amide bonds. The van der Waals surface area contributed by atoms with Crippen molar-refractivity contribution in [3.63, 3.8) is 0 Å². The Morgan fingerprint density at radius 3 is 2.68 bits per heavy atom. The number of hydrogen-bond donors (Lipinski definition) is 1. The van der Waals surface area contributed by atoms with Gasteiger partial charge < -0.3 is 10.0 Å². The molecule has 104 valence electrons. The Labute approximate surface area is 115 Å². The molecule has 0 atom stereocenters. The van der Waals surface area contributed by atoms with Crippen molar-refractivity contribution >= 4 is 12.0 Å². The molecule has 0 fully saturated rings. The minimum absolute atomic E-state index is 0.0206. The van der Waals surface area contributed by atoms with E-state index < -0.39 is 0 Å². The van der Waals surface area contributed by atoms with Crippen molar-refractivity contribution < 1.29 is 9.90 Å². The Balaban J connectivity index is 2.43. The molecular formula is C16H23NO2. The Kier molecular flexibility index (Phi) is 6.90. The van der Waals surface area contributed by atoms with Crippen molar-refractivity contribution in [2.24, 2.45) is 0 Å². The lowest BCUT2D eigenvalue weighted by Gasteiger charge is -2.14. The van der Waals surface area contributed by atoms with E-state index in [-0.39, 0.29) is 12.5 Å². The summed E-state index contributed by atoms with van der Waals surface area (Å²) in [6.45, 7) is 2.99. The molecule has 0 spiro atoms.